The van der Waals surface area contributed by atoms with E-state index in [1.54, 1.807) is 30.3 Å². The Morgan fingerprint density at radius 3 is 2.83 bits per heavy atom. The first-order valence-corrected chi connectivity index (χ1v) is 8.67. The first kappa shape index (κ1) is 16.7. The molecular formula is C19H25N3O2. The molecule has 24 heavy (non-hydrogen) atoms. The number of amides is 2. The standard InChI is InChI=1S/C19H25N3O2/c1-2-11-21-17(23)14-6-8-16(9-7-14)22-18(24)19-10-4-3-5-15(19)12-20-13-19/h2,6-9,15,20H,1,3-5,10-13H2,(H,21,23)(H,22,24)/t15-,19+/m0/s1. The molecule has 0 bridgehead atoms. The van der Waals surface area contributed by atoms with Gasteiger partial charge in [0.2, 0.25) is 5.91 Å². The molecule has 1 aliphatic heterocycles. The molecule has 2 amide bonds. The smallest absolute Gasteiger partial charge is 0.251 e. The van der Waals surface area contributed by atoms with Crippen molar-refractivity contribution in [2.45, 2.75) is 25.7 Å². The first-order chi connectivity index (χ1) is 11.7. The van der Waals surface area contributed by atoms with Gasteiger partial charge in [0.15, 0.2) is 0 Å². The maximum Gasteiger partial charge on any atom is 0.251 e. The number of nitrogens with one attached hydrogen (secondary N) is 3. The number of benzene rings is 1. The van der Waals surface area contributed by atoms with E-state index < -0.39 is 0 Å². The molecule has 5 nitrogen and oxygen atoms in total. The van der Waals surface area contributed by atoms with Crippen LogP contribution in [0.1, 0.15) is 36.0 Å². The minimum absolute atomic E-state index is 0.112. The molecule has 2 atom stereocenters. The Hall–Kier alpha value is -2.14. The average Bonchev–Trinajstić information content (AvgIpc) is 3.05. The molecule has 1 aliphatic carbocycles. The summed E-state index contributed by atoms with van der Waals surface area (Å²) in [7, 11) is 0. The Kier molecular flexibility index (Phi) is 5.00. The summed E-state index contributed by atoms with van der Waals surface area (Å²) in [4.78, 5) is 24.8. The molecule has 3 rings (SSSR count). The fourth-order valence-electron chi connectivity index (χ4n) is 3.92. The van der Waals surface area contributed by atoms with Gasteiger partial charge in [-0.3, -0.25) is 9.59 Å². The predicted octanol–water partition coefficient (Wildman–Crippen LogP) is 2.32. The summed E-state index contributed by atoms with van der Waals surface area (Å²) in [6.45, 7) is 5.72. The lowest BCUT2D eigenvalue weighted by molar-refractivity contribution is -0.128. The van der Waals surface area contributed by atoms with Crippen LogP contribution >= 0.6 is 0 Å². The van der Waals surface area contributed by atoms with Crippen LogP contribution in [0, 0.1) is 11.3 Å². The summed E-state index contributed by atoms with van der Waals surface area (Å²) in [5.41, 5.74) is 1.05. The number of rotatable bonds is 5. The van der Waals surface area contributed by atoms with Gasteiger partial charge in [-0.05, 0) is 49.6 Å². The maximum atomic E-state index is 12.9. The molecule has 1 saturated carbocycles. The van der Waals surface area contributed by atoms with Crippen LogP contribution in [0.3, 0.4) is 0 Å². The summed E-state index contributed by atoms with van der Waals surface area (Å²) < 4.78 is 0. The van der Waals surface area contributed by atoms with E-state index in [0.717, 1.165) is 38.0 Å². The van der Waals surface area contributed by atoms with Gasteiger partial charge in [-0.2, -0.15) is 0 Å². The second-order valence-electron chi connectivity index (χ2n) is 6.76. The number of carbonyl (C=O) groups excluding carboxylic acids is 2. The lowest BCUT2D eigenvalue weighted by Gasteiger charge is -2.37. The predicted molar refractivity (Wildman–Crippen MR) is 94.9 cm³/mol. The quantitative estimate of drug-likeness (QED) is 0.727. The molecule has 0 spiro atoms. The molecule has 2 aliphatic rings. The largest absolute Gasteiger partial charge is 0.349 e. The average molecular weight is 327 g/mol. The van der Waals surface area contributed by atoms with Crippen molar-refractivity contribution in [2.75, 3.05) is 25.0 Å². The summed E-state index contributed by atoms with van der Waals surface area (Å²) in [5, 5.41) is 9.19. The molecular weight excluding hydrogens is 302 g/mol. The Balaban J connectivity index is 1.66. The fraction of sp³-hybridized carbons (Fsp3) is 0.474. The van der Waals surface area contributed by atoms with E-state index in [4.69, 9.17) is 0 Å². The van der Waals surface area contributed by atoms with Crippen molar-refractivity contribution >= 4 is 17.5 Å². The highest BCUT2D eigenvalue weighted by Gasteiger charge is 2.49. The minimum atomic E-state index is -0.266. The molecule has 1 heterocycles. The van der Waals surface area contributed by atoms with Crippen LogP contribution in [0.2, 0.25) is 0 Å². The van der Waals surface area contributed by atoms with Crippen LogP contribution in [0.5, 0.6) is 0 Å². The van der Waals surface area contributed by atoms with E-state index >= 15 is 0 Å². The highest BCUT2D eigenvalue weighted by Crippen LogP contribution is 2.44. The van der Waals surface area contributed by atoms with Gasteiger partial charge in [-0.15, -0.1) is 6.58 Å². The van der Waals surface area contributed by atoms with Gasteiger partial charge in [0.25, 0.3) is 5.91 Å². The highest BCUT2D eigenvalue weighted by molar-refractivity contribution is 5.98. The number of hydrogen-bond acceptors (Lipinski definition) is 3. The van der Waals surface area contributed by atoms with E-state index in [2.05, 4.69) is 22.5 Å². The number of hydrogen-bond donors (Lipinski definition) is 3. The van der Waals surface area contributed by atoms with Crippen LogP contribution in [0.15, 0.2) is 36.9 Å². The molecule has 5 heteroatoms. The zero-order valence-electron chi connectivity index (χ0n) is 13.9. The Labute approximate surface area is 142 Å². The molecule has 128 valence electrons. The lowest BCUT2D eigenvalue weighted by atomic mass is 9.67. The Morgan fingerprint density at radius 1 is 1.29 bits per heavy atom. The van der Waals surface area contributed by atoms with Crippen molar-refractivity contribution in [1.82, 2.24) is 10.6 Å². The van der Waals surface area contributed by atoms with Gasteiger partial charge in [0.05, 0.1) is 5.41 Å². The monoisotopic (exact) mass is 327 g/mol. The van der Waals surface area contributed by atoms with Crippen molar-refractivity contribution in [3.63, 3.8) is 0 Å². The zero-order chi connectivity index (χ0) is 17.0. The minimum Gasteiger partial charge on any atom is -0.349 e. The SMILES string of the molecule is C=CCNC(=O)c1ccc(NC(=O)[C@@]23CCCC[C@H]2CNC3)cc1. The van der Waals surface area contributed by atoms with Crippen LogP contribution < -0.4 is 16.0 Å². The third-order valence-corrected chi connectivity index (χ3v) is 5.30. The molecule has 1 saturated heterocycles. The maximum absolute atomic E-state index is 12.9. The van der Waals surface area contributed by atoms with Gasteiger partial charge < -0.3 is 16.0 Å². The van der Waals surface area contributed by atoms with Crippen LogP contribution in [0.25, 0.3) is 0 Å². The van der Waals surface area contributed by atoms with Crippen molar-refractivity contribution in [2.24, 2.45) is 11.3 Å². The zero-order valence-corrected chi connectivity index (χ0v) is 13.9. The summed E-state index contributed by atoms with van der Waals surface area (Å²) in [6, 6.07) is 7.04. The van der Waals surface area contributed by atoms with Crippen molar-refractivity contribution < 1.29 is 9.59 Å². The first-order valence-electron chi connectivity index (χ1n) is 8.67. The van der Waals surface area contributed by atoms with Gasteiger partial charge in [0.1, 0.15) is 0 Å². The number of fused-ring (bicyclic) bond motifs is 1. The van der Waals surface area contributed by atoms with Gasteiger partial charge >= 0.3 is 0 Å². The van der Waals surface area contributed by atoms with E-state index in [-0.39, 0.29) is 17.2 Å². The third-order valence-electron chi connectivity index (χ3n) is 5.30. The van der Waals surface area contributed by atoms with Gasteiger partial charge in [-0.1, -0.05) is 18.9 Å². The fourth-order valence-corrected chi connectivity index (χ4v) is 3.92. The molecule has 1 aromatic rings. The van der Waals surface area contributed by atoms with Crippen molar-refractivity contribution in [1.29, 1.82) is 0 Å². The summed E-state index contributed by atoms with van der Waals surface area (Å²) >= 11 is 0. The Bertz CT molecular complexity index is 626. The van der Waals surface area contributed by atoms with Gasteiger partial charge in [0, 0.05) is 24.3 Å². The number of carbonyl (C=O) groups is 2. The molecule has 2 fully saturated rings. The topological polar surface area (TPSA) is 70.2 Å². The highest BCUT2D eigenvalue weighted by atomic mass is 16.2. The second-order valence-corrected chi connectivity index (χ2v) is 6.76. The van der Waals surface area contributed by atoms with E-state index in [1.807, 2.05) is 0 Å². The van der Waals surface area contributed by atoms with E-state index in [9.17, 15) is 9.59 Å². The van der Waals surface area contributed by atoms with E-state index in [1.165, 1.54) is 6.42 Å². The van der Waals surface area contributed by atoms with Crippen LogP contribution in [-0.2, 0) is 4.79 Å². The normalized spacial score (nSPS) is 25.6. The van der Waals surface area contributed by atoms with Crippen LogP contribution in [-0.4, -0.2) is 31.4 Å². The molecule has 0 radical (unpaired) electrons. The summed E-state index contributed by atoms with van der Waals surface area (Å²) in [6.07, 6.45) is 6.06. The van der Waals surface area contributed by atoms with Gasteiger partial charge in [-0.25, -0.2) is 0 Å². The van der Waals surface area contributed by atoms with Crippen molar-refractivity contribution in [3.8, 4) is 0 Å². The lowest BCUT2D eigenvalue weighted by Crippen LogP contribution is -2.44. The number of anilines is 1. The summed E-state index contributed by atoms with van der Waals surface area (Å²) in [5.74, 6) is 0.412. The van der Waals surface area contributed by atoms with E-state index in [0.29, 0.717) is 18.0 Å². The Morgan fingerprint density at radius 2 is 2.08 bits per heavy atom. The van der Waals surface area contributed by atoms with Crippen LogP contribution in [0.4, 0.5) is 5.69 Å². The molecule has 1 aromatic carbocycles. The molecule has 0 aromatic heterocycles. The molecule has 3 N–H and O–H groups in total. The van der Waals surface area contributed by atoms with Crippen molar-refractivity contribution in [3.05, 3.63) is 42.5 Å². The third kappa shape index (κ3) is 3.22. The molecule has 0 unspecified atom stereocenters. The second kappa shape index (κ2) is 7.18.